The molecule has 3 heterocycles. The zero-order valence-corrected chi connectivity index (χ0v) is 10.7. The molecule has 15 heavy (non-hydrogen) atoms. The van der Waals surface area contributed by atoms with Gasteiger partial charge in [-0.1, -0.05) is 19.8 Å². The summed E-state index contributed by atoms with van der Waals surface area (Å²) in [6.45, 7) is 12.5. The standard InChI is InChI=1S/C13H28N2/c1-3-4-5-6-7-15-11-8-14(2,9-12-15)10-13-15/h3-13H2,1-2H3/q+2. The minimum Gasteiger partial charge on any atom is -0.312 e. The van der Waals surface area contributed by atoms with E-state index >= 15 is 0 Å². The Bertz CT molecular complexity index is 188. The summed E-state index contributed by atoms with van der Waals surface area (Å²) < 4.78 is 2.84. The van der Waals surface area contributed by atoms with Crippen LogP contribution in [0.1, 0.15) is 32.6 Å². The number of hydrogen-bond acceptors (Lipinski definition) is 0. The lowest BCUT2D eigenvalue weighted by atomic mass is 10.1. The van der Waals surface area contributed by atoms with Crippen LogP contribution in [-0.2, 0) is 0 Å². The molecule has 2 heteroatoms. The molecule has 0 aromatic carbocycles. The number of unbranched alkanes of at least 4 members (excludes halogenated alkanes) is 3. The van der Waals surface area contributed by atoms with Crippen molar-refractivity contribution in [3.8, 4) is 0 Å². The van der Waals surface area contributed by atoms with Crippen LogP contribution in [0.5, 0.6) is 0 Å². The van der Waals surface area contributed by atoms with E-state index in [1.807, 2.05) is 0 Å². The number of nitrogens with zero attached hydrogens (tertiary/aromatic N) is 2. The largest absolute Gasteiger partial charge is 0.312 e. The van der Waals surface area contributed by atoms with Gasteiger partial charge in [0.15, 0.2) is 0 Å². The average molecular weight is 212 g/mol. The first kappa shape index (κ1) is 11.4. The molecular formula is C13H28N2+2. The number of quaternary nitrogens is 2. The van der Waals surface area contributed by atoms with Crippen molar-refractivity contribution < 1.29 is 8.97 Å². The lowest BCUT2D eigenvalue weighted by Crippen LogP contribution is -2.73. The molecule has 2 bridgehead atoms. The molecule has 0 aromatic rings. The molecule has 0 N–H and O–H groups in total. The van der Waals surface area contributed by atoms with Gasteiger partial charge in [0.2, 0.25) is 0 Å². The zero-order valence-electron chi connectivity index (χ0n) is 10.7. The highest BCUT2D eigenvalue weighted by Gasteiger charge is 2.45. The summed E-state index contributed by atoms with van der Waals surface area (Å²) in [6.07, 6.45) is 5.74. The van der Waals surface area contributed by atoms with Crippen molar-refractivity contribution in [2.45, 2.75) is 32.6 Å². The van der Waals surface area contributed by atoms with Crippen molar-refractivity contribution in [1.29, 1.82) is 0 Å². The van der Waals surface area contributed by atoms with Crippen LogP contribution in [0, 0.1) is 0 Å². The fraction of sp³-hybridized carbons (Fsp3) is 1.00. The Kier molecular flexibility index (Phi) is 3.36. The first-order valence-corrected chi connectivity index (χ1v) is 6.87. The Hall–Kier alpha value is -0.0800. The molecule has 0 saturated carbocycles. The molecule has 3 saturated heterocycles. The first-order chi connectivity index (χ1) is 7.18. The lowest BCUT2D eigenvalue weighted by molar-refractivity contribution is -1.07. The third-order valence-electron chi connectivity index (χ3n) is 4.83. The Morgan fingerprint density at radius 1 is 0.800 bits per heavy atom. The van der Waals surface area contributed by atoms with Crippen LogP contribution in [0.15, 0.2) is 0 Å². The third-order valence-corrected chi connectivity index (χ3v) is 4.83. The van der Waals surface area contributed by atoms with Gasteiger partial charge < -0.3 is 8.97 Å². The highest BCUT2D eigenvalue weighted by atomic mass is 15.5. The highest BCUT2D eigenvalue weighted by Crippen LogP contribution is 2.25. The number of likely N-dealkylation sites (N-methyl/N-ethyl adjacent to an activating group) is 1. The van der Waals surface area contributed by atoms with E-state index < -0.39 is 0 Å². The molecule has 0 aliphatic carbocycles. The molecule has 3 aliphatic rings. The molecular weight excluding hydrogens is 184 g/mol. The van der Waals surface area contributed by atoms with Gasteiger partial charge in [-0.05, 0) is 12.8 Å². The van der Waals surface area contributed by atoms with Gasteiger partial charge in [0.25, 0.3) is 0 Å². The van der Waals surface area contributed by atoms with E-state index in [1.165, 1.54) is 80.5 Å². The summed E-state index contributed by atoms with van der Waals surface area (Å²) >= 11 is 0. The monoisotopic (exact) mass is 212 g/mol. The van der Waals surface area contributed by atoms with Crippen molar-refractivity contribution in [3.63, 3.8) is 0 Å². The molecule has 3 fully saturated rings. The maximum Gasteiger partial charge on any atom is 0.129 e. The van der Waals surface area contributed by atoms with E-state index in [9.17, 15) is 0 Å². The molecule has 88 valence electrons. The second kappa shape index (κ2) is 4.42. The number of rotatable bonds is 5. The predicted octanol–water partition coefficient (Wildman–Crippen LogP) is 1.86. The second-order valence-electron chi connectivity index (χ2n) is 6.09. The summed E-state index contributed by atoms with van der Waals surface area (Å²) in [4.78, 5) is 0. The summed E-state index contributed by atoms with van der Waals surface area (Å²) in [5, 5.41) is 0. The van der Waals surface area contributed by atoms with E-state index in [0.717, 1.165) is 0 Å². The van der Waals surface area contributed by atoms with Gasteiger partial charge in [-0.2, -0.15) is 0 Å². The molecule has 0 unspecified atom stereocenters. The maximum absolute atomic E-state index is 2.45. The topological polar surface area (TPSA) is 0 Å². The van der Waals surface area contributed by atoms with E-state index in [-0.39, 0.29) is 0 Å². The summed E-state index contributed by atoms with van der Waals surface area (Å²) in [7, 11) is 2.45. The summed E-state index contributed by atoms with van der Waals surface area (Å²) in [5.41, 5.74) is 0. The van der Waals surface area contributed by atoms with Crippen molar-refractivity contribution in [2.75, 3.05) is 52.9 Å². The zero-order chi connectivity index (χ0) is 10.8. The molecule has 2 nitrogen and oxygen atoms in total. The van der Waals surface area contributed by atoms with Crippen LogP contribution in [0.25, 0.3) is 0 Å². The van der Waals surface area contributed by atoms with Gasteiger partial charge in [-0.15, -0.1) is 0 Å². The Labute approximate surface area is 95.0 Å². The fourth-order valence-corrected chi connectivity index (χ4v) is 3.24. The van der Waals surface area contributed by atoms with Crippen LogP contribution in [0.2, 0.25) is 0 Å². The Balaban J connectivity index is 1.77. The van der Waals surface area contributed by atoms with Crippen molar-refractivity contribution in [1.82, 2.24) is 0 Å². The van der Waals surface area contributed by atoms with E-state index in [4.69, 9.17) is 0 Å². The van der Waals surface area contributed by atoms with Crippen LogP contribution in [-0.4, -0.2) is 61.8 Å². The minimum atomic E-state index is 1.37. The van der Waals surface area contributed by atoms with Gasteiger partial charge in [-0.3, -0.25) is 0 Å². The number of piperazine rings is 3. The van der Waals surface area contributed by atoms with Crippen LogP contribution >= 0.6 is 0 Å². The van der Waals surface area contributed by atoms with Gasteiger partial charge in [0, 0.05) is 0 Å². The molecule has 3 rings (SSSR count). The van der Waals surface area contributed by atoms with Gasteiger partial charge >= 0.3 is 0 Å². The maximum atomic E-state index is 2.45. The van der Waals surface area contributed by atoms with Crippen molar-refractivity contribution in [3.05, 3.63) is 0 Å². The van der Waals surface area contributed by atoms with Gasteiger partial charge in [0.1, 0.15) is 39.3 Å². The lowest BCUT2D eigenvalue weighted by Gasteiger charge is -2.54. The van der Waals surface area contributed by atoms with Crippen LogP contribution in [0.3, 0.4) is 0 Å². The number of fused-ring (bicyclic) bond motifs is 3. The quantitative estimate of drug-likeness (QED) is 0.482. The third kappa shape index (κ3) is 2.54. The molecule has 0 aromatic heterocycles. The molecule has 3 aliphatic heterocycles. The molecule has 0 spiro atoms. The second-order valence-corrected chi connectivity index (χ2v) is 6.09. The smallest absolute Gasteiger partial charge is 0.129 e. The minimum absolute atomic E-state index is 1.37. The highest BCUT2D eigenvalue weighted by molar-refractivity contribution is 4.60. The first-order valence-electron chi connectivity index (χ1n) is 6.87. The predicted molar refractivity (Wildman–Crippen MR) is 64.7 cm³/mol. The van der Waals surface area contributed by atoms with Crippen molar-refractivity contribution in [2.24, 2.45) is 0 Å². The average Bonchev–Trinajstić information content (AvgIpc) is 2.27. The Morgan fingerprint density at radius 2 is 1.40 bits per heavy atom. The van der Waals surface area contributed by atoms with E-state index in [1.54, 1.807) is 0 Å². The van der Waals surface area contributed by atoms with Crippen molar-refractivity contribution >= 4 is 0 Å². The SMILES string of the molecule is CCCCCC[N+]12CC[N+](C)(CC1)CC2. The normalized spacial score (nSPS) is 39.6. The fourth-order valence-electron chi connectivity index (χ4n) is 3.24. The summed E-state index contributed by atoms with van der Waals surface area (Å²) in [5.74, 6) is 0. The molecule has 0 atom stereocenters. The molecule has 0 radical (unpaired) electrons. The van der Waals surface area contributed by atoms with E-state index in [2.05, 4.69) is 14.0 Å². The van der Waals surface area contributed by atoms with E-state index in [0.29, 0.717) is 0 Å². The number of hydrogen-bond donors (Lipinski definition) is 0. The summed E-state index contributed by atoms with van der Waals surface area (Å²) in [6, 6.07) is 0. The Morgan fingerprint density at radius 3 is 1.93 bits per heavy atom. The van der Waals surface area contributed by atoms with Gasteiger partial charge in [-0.25, -0.2) is 0 Å². The molecule has 0 amide bonds. The van der Waals surface area contributed by atoms with Crippen LogP contribution < -0.4 is 0 Å². The van der Waals surface area contributed by atoms with Gasteiger partial charge in [0.05, 0.1) is 13.6 Å². The van der Waals surface area contributed by atoms with Crippen LogP contribution in [0.4, 0.5) is 0 Å².